The summed E-state index contributed by atoms with van der Waals surface area (Å²) in [6, 6.07) is 7.75. The zero-order chi connectivity index (χ0) is 16.4. The van der Waals surface area contributed by atoms with Gasteiger partial charge in [0, 0.05) is 6.54 Å². The second-order valence-electron chi connectivity index (χ2n) is 7.51. The molecule has 4 nitrogen and oxygen atoms in total. The number of aliphatic hydroxyl groups is 1. The molecule has 23 heavy (non-hydrogen) atoms. The number of hydrogen-bond donors (Lipinski definition) is 2. The summed E-state index contributed by atoms with van der Waals surface area (Å²) in [4.78, 5) is 15.2. The fraction of sp³-hybridized carbons (Fsp3) is 0.632. The number of carbonyl (C=O) groups is 1. The average Bonchev–Trinajstić information content (AvgIpc) is 2.84. The Morgan fingerprint density at radius 2 is 1.96 bits per heavy atom. The molecule has 2 atom stereocenters. The van der Waals surface area contributed by atoms with Crippen molar-refractivity contribution in [1.82, 2.24) is 10.2 Å². The zero-order valence-electron chi connectivity index (χ0n) is 14.2. The quantitative estimate of drug-likeness (QED) is 0.896. The van der Waals surface area contributed by atoms with E-state index in [-0.39, 0.29) is 17.4 Å². The summed E-state index contributed by atoms with van der Waals surface area (Å²) in [5.74, 6) is 0.128. The van der Waals surface area contributed by atoms with Gasteiger partial charge in [0.1, 0.15) is 0 Å². The summed E-state index contributed by atoms with van der Waals surface area (Å²) in [5.41, 5.74) is 1.81. The predicted molar refractivity (Wildman–Crippen MR) is 91.1 cm³/mol. The highest BCUT2D eigenvalue weighted by Gasteiger charge is 2.42. The van der Waals surface area contributed by atoms with Gasteiger partial charge in [-0.25, -0.2) is 0 Å². The lowest BCUT2D eigenvalue weighted by atomic mass is 9.72. The highest BCUT2D eigenvalue weighted by molar-refractivity contribution is 5.83. The van der Waals surface area contributed by atoms with Crippen molar-refractivity contribution in [2.45, 2.75) is 50.7 Å². The average molecular weight is 316 g/mol. The van der Waals surface area contributed by atoms with Crippen LogP contribution in [0.25, 0.3) is 0 Å². The van der Waals surface area contributed by atoms with Crippen molar-refractivity contribution >= 4 is 5.91 Å². The van der Waals surface area contributed by atoms with Crippen LogP contribution in [0.4, 0.5) is 0 Å². The zero-order valence-corrected chi connectivity index (χ0v) is 14.2. The lowest BCUT2D eigenvalue weighted by Crippen LogP contribution is -2.51. The first-order valence-electron chi connectivity index (χ1n) is 8.73. The largest absolute Gasteiger partial charge is 0.386 e. The highest BCUT2D eigenvalue weighted by Crippen LogP contribution is 2.38. The van der Waals surface area contributed by atoms with Crippen LogP contribution in [0.2, 0.25) is 0 Å². The lowest BCUT2D eigenvalue weighted by molar-refractivity contribution is -0.135. The summed E-state index contributed by atoms with van der Waals surface area (Å²) in [7, 11) is 4.06. The van der Waals surface area contributed by atoms with Crippen LogP contribution in [0.1, 0.15) is 49.3 Å². The van der Waals surface area contributed by atoms with Gasteiger partial charge in [-0.05, 0) is 44.5 Å². The van der Waals surface area contributed by atoms with Crippen molar-refractivity contribution in [3.63, 3.8) is 0 Å². The minimum Gasteiger partial charge on any atom is -0.386 e. The van der Waals surface area contributed by atoms with E-state index in [0.717, 1.165) is 49.8 Å². The summed E-state index contributed by atoms with van der Waals surface area (Å²) in [6.07, 6.45) is 5.50. The molecule has 0 spiro atoms. The normalized spacial score (nSPS) is 26.1. The van der Waals surface area contributed by atoms with E-state index in [4.69, 9.17) is 0 Å². The van der Waals surface area contributed by atoms with Gasteiger partial charge in [-0.3, -0.25) is 4.79 Å². The van der Waals surface area contributed by atoms with Crippen molar-refractivity contribution in [3.05, 3.63) is 35.4 Å². The van der Waals surface area contributed by atoms with Gasteiger partial charge < -0.3 is 15.3 Å². The van der Waals surface area contributed by atoms with Crippen LogP contribution in [-0.2, 0) is 11.2 Å². The molecule has 1 amide bonds. The van der Waals surface area contributed by atoms with E-state index in [1.807, 2.05) is 38.4 Å². The van der Waals surface area contributed by atoms with Crippen LogP contribution in [0.3, 0.4) is 0 Å². The molecule has 0 radical (unpaired) electrons. The molecule has 126 valence electrons. The second-order valence-corrected chi connectivity index (χ2v) is 7.51. The first-order valence-corrected chi connectivity index (χ1v) is 8.73. The number of carbonyl (C=O) groups excluding carboxylic acids is 1. The maximum atomic E-state index is 13.1. The topological polar surface area (TPSA) is 52.6 Å². The molecule has 0 aromatic heterocycles. The highest BCUT2D eigenvalue weighted by atomic mass is 16.3. The van der Waals surface area contributed by atoms with Crippen LogP contribution in [-0.4, -0.2) is 42.6 Å². The first-order chi connectivity index (χ1) is 11.0. The number of rotatable bonds is 4. The number of amides is 1. The van der Waals surface area contributed by atoms with Crippen LogP contribution in [0, 0.1) is 5.41 Å². The van der Waals surface area contributed by atoms with Gasteiger partial charge in [0.05, 0.1) is 17.6 Å². The van der Waals surface area contributed by atoms with Gasteiger partial charge in [0.15, 0.2) is 0 Å². The molecule has 1 fully saturated rings. The molecule has 2 aliphatic carbocycles. The van der Waals surface area contributed by atoms with Crippen LogP contribution < -0.4 is 5.32 Å². The summed E-state index contributed by atoms with van der Waals surface area (Å²) < 4.78 is 0. The van der Waals surface area contributed by atoms with Crippen LogP contribution >= 0.6 is 0 Å². The van der Waals surface area contributed by atoms with E-state index in [1.165, 1.54) is 6.42 Å². The Bertz CT molecular complexity index is 564. The minimum absolute atomic E-state index is 0.128. The maximum Gasteiger partial charge on any atom is 0.227 e. The van der Waals surface area contributed by atoms with Crippen molar-refractivity contribution in [2.75, 3.05) is 20.6 Å². The molecule has 2 N–H and O–H groups in total. The molecule has 2 aliphatic rings. The van der Waals surface area contributed by atoms with Gasteiger partial charge in [-0.1, -0.05) is 43.5 Å². The molecule has 0 bridgehead atoms. The summed E-state index contributed by atoms with van der Waals surface area (Å²) >= 11 is 0. The molecular formula is C19H28N2O2. The van der Waals surface area contributed by atoms with Crippen molar-refractivity contribution in [3.8, 4) is 0 Å². The Kier molecular flexibility index (Phi) is 4.74. The number of hydrogen-bond acceptors (Lipinski definition) is 3. The first kappa shape index (κ1) is 16.5. The standard InChI is InChI=1S/C19H28N2O2/c1-21(2)13-19(10-6-3-7-11-19)18(23)20-16-12-14-8-4-5-9-15(14)17(16)22/h4-5,8-9,16-17,22H,3,6-7,10-13H2,1-2H3,(H,20,23)/t16-,17-/m1/s1. The predicted octanol–water partition coefficient (Wildman–Crippen LogP) is 2.27. The SMILES string of the molecule is CN(C)CC1(C(=O)N[C@@H]2Cc3ccccc3[C@H]2O)CCCCC1. The number of aliphatic hydroxyl groups excluding tert-OH is 1. The molecule has 1 aromatic carbocycles. The summed E-state index contributed by atoms with van der Waals surface area (Å²) in [5, 5.41) is 13.7. The number of benzene rings is 1. The minimum atomic E-state index is -0.588. The Morgan fingerprint density at radius 3 is 2.61 bits per heavy atom. The van der Waals surface area contributed by atoms with Gasteiger partial charge >= 0.3 is 0 Å². The molecule has 4 heteroatoms. The lowest BCUT2D eigenvalue weighted by Gasteiger charge is -2.39. The molecule has 3 rings (SSSR count). The molecule has 0 aliphatic heterocycles. The van der Waals surface area contributed by atoms with Crippen LogP contribution in [0.15, 0.2) is 24.3 Å². The van der Waals surface area contributed by atoms with E-state index in [0.29, 0.717) is 0 Å². The van der Waals surface area contributed by atoms with E-state index >= 15 is 0 Å². The third kappa shape index (κ3) is 3.29. The monoisotopic (exact) mass is 316 g/mol. The van der Waals surface area contributed by atoms with Gasteiger partial charge in [0.2, 0.25) is 5.91 Å². The smallest absolute Gasteiger partial charge is 0.227 e. The number of fused-ring (bicyclic) bond motifs is 1. The fourth-order valence-corrected chi connectivity index (χ4v) is 4.32. The molecule has 1 aromatic rings. The number of nitrogens with zero attached hydrogens (tertiary/aromatic N) is 1. The van der Waals surface area contributed by atoms with Gasteiger partial charge in [-0.2, -0.15) is 0 Å². The maximum absolute atomic E-state index is 13.1. The van der Waals surface area contributed by atoms with E-state index in [2.05, 4.69) is 10.2 Å². The number of nitrogens with one attached hydrogen (secondary N) is 1. The Balaban J connectivity index is 1.73. The van der Waals surface area contributed by atoms with Crippen molar-refractivity contribution < 1.29 is 9.90 Å². The Morgan fingerprint density at radius 1 is 1.26 bits per heavy atom. The van der Waals surface area contributed by atoms with Gasteiger partial charge in [0.25, 0.3) is 0 Å². The van der Waals surface area contributed by atoms with E-state index < -0.39 is 6.10 Å². The van der Waals surface area contributed by atoms with Gasteiger partial charge in [-0.15, -0.1) is 0 Å². The molecule has 0 unspecified atom stereocenters. The molecule has 1 saturated carbocycles. The van der Waals surface area contributed by atoms with E-state index in [1.54, 1.807) is 0 Å². The Labute approximate surface area is 138 Å². The molecule has 0 saturated heterocycles. The third-order valence-electron chi connectivity index (χ3n) is 5.42. The van der Waals surface area contributed by atoms with Crippen molar-refractivity contribution in [2.24, 2.45) is 5.41 Å². The second kappa shape index (κ2) is 6.62. The Hall–Kier alpha value is -1.39. The fourth-order valence-electron chi connectivity index (χ4n) is 4.32. The molecule has 0 heterocycles. The van der Waals surface area contributed by atoms with Crippen LogP contribution in [0.5, 0.6) is 0 Å². The van der Waals surface area contributed by atoms with Crippen molar-refractivity contribution in [1.29, 1.82) is 0 Å². The molecular weight excluding hydrogens is 288 g/mol. The van der Waals surface area contributed by atoms with E-state index in [9.17, 15) is 9.90 Å². The summed E-state index contributed by atoms with van der Waals surface area (Å²) in [6.45, 7) is 0.786. The third-order valence-corrected chi connectivity index (χ3v) is 5.42.